The Kier molecular flexibility index (Phi) is 4.58. The van der Waals surface area contributed by atoms with Crippen LogP contribution in [0.3, 0.4) is 0 Å². The summed E-state index contributed by atoms with van der Waals surface area (Å²) in [6.07, 6.45) is 5.61. The van der Waals surface area contributed by atoms with Gasteiger partial charge in [-0.05, 0) is 26.0 Å². The smallest absolute Gasteiger partial charge is 0.122 e. The van der Waals surface area contributed by atoms with Crippen LogP contribution in [0, 0.1) is 0 Å². The molecule has 3 rings (SSSR count). The number of fused-ring (bicyclic) bond motifs is 1. The summed E-state index contributed by atoms with van der Waals surface area (Å²) in [6, 6.07) is 9.25. The molecular weight excluding hydrogens is 248 g/mol. The Hall–Kier alpha value is -1.06. The number of nitrogens with one attached hydrogen (secondary N) is 1. The van der Waals surface area contributed by atoms with Crippen LogP contribution in [0.4, 0.5) is 0 Å². The van der Waals surface area contributed by atoms with Crippen molar-refractivity contribution in [3.8, 4) is 5.75 Å². The zero-order chi connectivity index (χ0) is 13.8. The van der Waals surface area contributed by atoms with Gasteiger partial charge in [-0.2, -0.15) is 0 Å². The summed E-state index contributed by atoms with van der Waals surface area (Å²) in [5.74, 6) is 1.59. The maximum absolute atomic E-state index is 5.72. The van der Waals surface area contributed by atoms with Crippen LogP contribution >= 0.6 is 0 Å². The zero-order valence-corrected chi connectivity index (χ0v) is 12.5. The molecule has 1 N–H and O–H groups in total. The minimum atomic E-state index is 0.517. The molecule has 0 saturated heterocycles. The van der Waals surface area contributed by atoms with Crippen molar-refractivity contribution in [2.45, 2.75) is 37.6 Å². The molecule has 1 unspecified atom stereocenters. The summed E-state index contributed by atoms with van der Waals surface area (Å²) in [6.45, 7) is 4.08. The van der Waals surface area contributed by atoms with E-state index >= 15 is 0 Å². The van der Waals surface area contributed by atoms with Crippen LogP contribution in [0.1, 0.15) is 37.2 Å². The molecule has 2 aliphatic rings. The Bertz CT molecular complexity index is 429. The van der Waals surface area contributed by atoms with Crippen LogP contribution in [0.15, 0.2) is 24.3 Å². The van der Waals surface area contributed by atoms with E-state index in [4.69, 9.17) is 4.74 Å². The molecule has 0 amide bonds. The first-order valence-electron chi connectivity index (χ1n) is 7.97. The highest BCUT2D eigenvalue weighted by Crippen LogP contribution is 2.32. The highest BCUT2D eigenvalue weighted by Gasteiger charge is 2.23. The molecule has 1 aromatic carbocycles. The van der Waals surface area contributed by atoms with Gasteiger partial charge in [0.2, 0.25) is 0 Å². The third-order valence-electron chi connectivity index (χ3n) is 4.78. The van der Waals surface area contributed by atoms with Gasteiger partial charge < -0.3 is 15.0 Å². The number of ether oxygens (including phenoxy) is 1. The first-order chi connectivity index (χ1) is 9.84. The van der Waals surface area contributed by atoms with E-state index in [0.717, 1.165) is 38.0 Å². The van der Waals surface area contributed by atoms with Crippen LogP contribution in [0.2, 0.25) is 0 Å². The lowest BCUT2D eigenvalue weighted by Crippen LogP contribution is -2.36. The Labute approximate surface area is 122 Å². The summed E-state index contributed by atoms with van der Waals surface area (Å²) in [4.78, 5) is 2.53. The van der Waals surface area contributed by atoms with Gasteiger partial charge in [-0.1, -0.05) is 31.0 Å². The van der Waals surface area contributed by atoms with Gasteiger partial charge in [-0.3, -0.25) is 0 Å². The van der Waals surface area contributed by atoms with Gasteiger partial charge in [0.15, 0.2) is 0 Å². The molecule has 1 aliphatic carbocycles. The van der Waals surface area contributed by atoms with Crippen molar-refractivity contribution in [1.29, 1.82) is 0 Å². The normalized spacial score (nSPS) is 22.2. The molecule has 3 heteroatoms. The fraction of sp³-hybridized carbons (Fsp3) is 0.647. The number of hydrogen-bond donors (Lipinski definition) is 1. The van der Waals surface area contributed by atoms with Gasteiger partial charge in [0.25, 0.3) is 0 Å². The molecule has 0 spiro atoms. The second kappa shape index (κ2) is 6.59. The number of nitrogens with zero attached hydrogens (tertiary/aromatic N) is 1. The molecule has 20 heavy (non-hydrogen) atoms. The largest absolute Gasteiger partial charge is 0.493 e. The lowest BCUT2D eigenvalue weighted by molar-refractivity contribution is 0.244. The van der Waals surface area contributed by atoms with Crippen molar-refractivity contribution < 1.29 is 4.74 Å². The van der Waals surface area contributed by atoms with Gasteiger partial charge in [-0.15, -0.1) is 0 Å². The van der Waals surface area contributed by atoms with Crippen LogP contribution in [-0.2, 0) is 0 Å². The summed E-state index contributed by atoms with van der Waals surface area (Å²) in [5.41, 5.74) is 1.36. The SMILES string of the molecule is CN(CCNCC1COc2ccccc21)C1CCCC1. The van der Waals surface area contributed by atoms with E-state index in [9.17, 15) is 0 Å². The van der Waals surface area contributed by atoms with Crippen molar-refractivity contribution in [2.75, 3.05) is 33.3 Å². The molecule has 1 aromatic rings. The molecule has 1 heterocycles. The van der Waals surface area contributed by atoms with Crippen LogP contribution < -0.4 is 10.1 Å². The van der Waals surface area contributed by atoms with E-state index in [1.165, 1.54) is 31.2 Å². The van der Waals surface area contributed by atoms with Crippen LogP contribution in [0.5, 0.6) is 5.75 Å². The number of likely N-dealkylation sites (N-methyl/N-ethyl adjacent to an activating group) is 1. The Morgan fingerprint density at radius 2 is 2.05 bits per heavy atom. The van der Waals surface area contributed by atoms with Gasteiger partial charge >= 0.3 is 0 Å². The molecule has 1 saturated carbocycles. The molecule has 0 bridgehead atoms. The fourth-order valence-electron chi connectivity index (χ4n) is 3.46. The molecule has 0 aromatic heterocycles. The molecule has 1 atom stereocenters. The van der Waals surface area contributed by atoms with Crippen molar-refractivity contribution >= 4 is 0 Å². The third-order valence-corrected chi connectivity index (χ3v) is 4.78. The zero-order valence-electron chi connectivity index (χ0n) is 12.5. The van der Waals surface area contributed by atoms with Gasteiger partial charge in [0.05, 0.1) is 6.61 Å². The van der Waals surface area contributed by atoms with Crippen LogP contribution in [0.25, 0.3) is 0 Å². The minimum absolute atomic E-state index is 0.517. The van der Waals surface area contributed by atoms with Gasteiger partial charge in [0.1, 0.15) is 5.75 Å². The fourth-order valence-corrected chi connectivity index (χ4v) is 3.46. The monoisotopic (exact) mass is 274 g/mol. The second-order valence-electron chi connectivity index (χ2n) is 6.17. The van der Waals surface area contributed by atoms with E-state index in [2.05, 4.69) is 35.5 Å². The number of para-hydroxylation sites is 1. The van der Waals surface area contributed by atoms with Gasteiger partial charge in [-0.25, -0.2) is 0 Å². The second-order valence-corrected chi connectivity index (χ2v) is 6.17. The number of rotatable bonds is 6. The average molecular weight is 274 g/mol. The van der Waals surface area contributed by atoms with E-state index in [1.54, 1.807) is 0 Å². The molecule has 1 fully saturated rings. The van der Waals surface area contributed by atoms with E-state index < -0.39 is 0 Å². The van der Waals surface area contributed by atoms with Crippen molar-refractivity contribution in [2.24, 2.45) is 0 Å². The van der Waals surface area contributed by atoms with Crippen LogP contribution in [-0.4, -0.2) is 44.2 Å². The van der Waals surface area contributed by atoms with E-state index in [-0.39, 0.29) is 0 Å². The standard InChI is InChI=1S/C17H26N2O/c1-19(15-6-2-3-7-15)11-10-18-12-14-13-20-17-9-5-4-8-16(14)17/h4-5,8-9,14-15,18H,2-3,6-7,10-13H2,1H3. The topological polar surface area (TPSA) is 24.5 Å². The summed E-state index contributed by atoms with van der Waals surface area (Å²) < 4.78 is 5.72. The van der Waals surface area contributed by atoms with E-state index in [0.29, 0.717) is 5.92 Å². The molecule has 3 nitrogen and oxygen atoms in total. The predicted octanol–water partition coefficient (Wildman–Crippen LogP) is 2.63. The number of hydrogen-bond acceptors (Lipinski definition) is 3. The molecular formula is C17H26N2O. The van der Waals surface area contributed by atoms with E-state index in [1.807, 2.05) is 6.07 Å². The molecule has 1 aliphatic heterocycles. The Morgan fingerprint density at radius 1 is 1.25 bits per heavy atom. The van der Waals surface area contributed by atoms with Crippen molar-refractivity contribution in [1.82, 2.24) is 10.2 Å². The number of benzene rings is 1. The summed E-state index contributed by atoms with van der Waals surface area (Å²) in [5, 5.41) is 3.60. The maximum Gasteiger partial charge on any atom is 0.122 e. The highest BCUT2D eigenvalue weighted by atomic mass is 16.5. The van der Waals surface area contributed by atoms with Gasteiger partial charge in [0, 0.05) is 37.2 Å². The predicted molar refractivity (Wildman–Crippen MR) is 82.4 cm³/mol. The Morgan fingerprint density at radius 3 is 2.90 bits per heavy atom. The quantitative estimate of drug-likeness (QED) is 0.807. The minimum Gasteiger partial charge on any atom is -0.493 e. The first kappa shape index (κ1) is 13.9. The molecule has 110 valence electrons. The highest BCUT2D eigenvalue weighted by molar-refractivity contribution is 5.39. The lowest BCUT2D eigenvalue weighted by Gasteiger charge is -2.24. The summed E-state index contributed by atoms with van der Waals surface area (Å²) >= 11 is 0. The van der Waals surface area contributed by atoms with Crippen molar-refractivity contribution in [3.05, 3.63) is 29.8 Å². The maximum atomic E-state index is 5.72. The summed E-state index contributed by atoms with van der Waals surface area (Å²) in [7, 11) is 2.27. The Balaban J connectivity index is 1.38. The average Bonchev–Trinajstić information content (AvgIpc) is 3.13. The lowest BCUT2D eigenvalue weighted by atomic mass is 10.0. The van der Waals surface area contributed by atoms with Crippen molar-refractivity contribution in [3.63, 3.8) is 0 Å². The third kappa shape index (κ3) is 3.15. The first-order valence-corrected chi connectivity index (χ1v) is 7.97. The molecule has 0 radical (unpaired) electrons.